The van der Waals surface area contributed by atoms with Crippen molar-refractivity contribution in [3.8, 4) is 17.2 Å². The second-order valence-electron chi connectivity index (χ2n) is 9.16. The van der Waals surface area contributed by atoms with Crippen LogP contribution in [0.5, 0.6) is 5.75 Å². The Morgan fingerprint density at radius 1 is 1.09 bits per heavy atom. The van der Waals surface area contributed by atoms with E-state index < -0.39 is 0 Å². The van der Waals surface area contributed by atoms with Crippen LogP contribution >= 0.6 is 0 Å². The molecule has 2 saturated heterocycles. The summed E-state index contributed by atoms with van der Waals surface area (Å²) in [5.41, 5.74) is 3.48. The average molecular weight is 448 g/mol. The lowest BCUT2D eigenvalue weighted by Crippen LogP contribution is -2.37. The Kier molecular flexibility index (Phi) is 5.66. The molecule has 7 heteroatoms. The summed E-state index contributed by atoms with van der Waals surface area (Å²) in [5, 5.41) is 8.78. The summed E-state index contributed by atoms with van der Waals surface area (Å²) in [6.45, 7) is 6.52. The van der Waals surface area contributed by atoms with Crippen molar-refractivity contribution in [2.24, 2.45) is 5.41 Å². The highest BCUT2D eigenvalue weighted by molar-refractivity contribution is 5.96. The van der Waals surface area contributed by atoms with E-state index in [1.165, 1.54) is 5.56 Å². The predicted molar refractivity (Wildman–Crippen MR) is 123 cm³/mol. The summed E-state index contributed by atoms with van der Waals surface area (Å²) in [4.78, 5) is 15.5. The summed E-state index contributed by atoms with van der Waals surface area (Å²) in [6.07, 6.45) is 1.72. The fraction of sp³-hybridized carbons (Fsp3) is 0.423. The van der Waals surface area contributed by atoms with E-state index >= 15 is 0 Å². The number of nitrogens with zero attached hydrogens (tertiary/aromatic N) is 3. The smallest absolute Gasteiger partial charge is 0.254 e. The molecule has 2 aliphatic heterocycles. The van der Waals surface area contributed by atoms with E-state index in [0.717, 1.165) is 29.7 Å². The van der Waals surface area contributed by atoms with Crippen LogP contribution in [0.2, 0.25) is 0 Å². The Hall–Kier alpha value is -3.19. The molecule has 3 heterocycles. The number of likely N-dealkylation sites (tertiary alicyclic amines) is 1. The van der Waals surface area contributed by atoms with Crippen molar-refractivity contribution in [3.05, 3.63) is 65.0 Å². The Morgan fingerprint density at radius 2 is 1.85 bits per heavy atom. The molecule has 2 fully saturated rings. The van der Waals surface area contributed by atoms with Crippen LogP contribution in [0, 0.1) is 19.3 Å². The number of aryl methyl sites for hydroxylation is 1. The third-order valence-electron chi connectivity index (χ3n) is 7.20. The number of hydrogen-bond donors (Lipinski definition) is 0. The van der Waals surface area contributed by atoms with Gasteiger partial charge in [-0.3, -0.25) is 4.79 Å². The number of rotatable bonds is 4. The van der Waals surface area contributed by atoms with E-state index in [1.807, 2.05) is 61.2 Å². The first kappa shape index (κ1) is 21.6. The molecule has 2 aliphatic rings. The van der Waals surface area contributed by atoms with Crippen LogP contribution in [-0.2, 0) is 4.74 Å². The van der Waals surface area contributed by atoms with Gasteiger partial charge in [0.05, 0.1) is 13.0 Å². The lowest BCUT2D eigenvalue weighted by atomic mass is 9.72. The van der Waals surface area contributed by atoms with Gasteiger partial charge in [-0.1, -0.05) is 23.8 Å². The summed E-state index contributed by atoms with van der Waals surface area (Å²) < 4.78 is 17.3. The molecule has 0 bridgehead atoms. The highest BCUT2D eigenvalue weighted by Gasteiger charge is 2.51. The molecular weight excluding hydrogens is 418 g/mol. The van der Waals surface area contributed by atoms with Crippen LogP contribution in [0.3, 0.4) is 0 Å². The van der Waals surface area contributed by atoms with Gasteiger partial charge < -0.3 is 18.8 Å². The van der Waals surface area contributed by atoms with Gasteiger partial charge in [0.25, 0.3) is 5.91 Å². The Morgan fingerprint density at radius 3 is 2.58 bits per heavy atom. The topological polar surface area (TPSA) is 77.7 Å². The number of amides is 1. The minimum Gasteiger partial charge on any atom is -0.496 e. The van der Waals surface area contributed by atoms with Gasteiger partial charge in [0.15, 0.2) is 0 Å². The quantitative estimate of drug-likeness (QED) is 0.590. The van der Waals surface area contributed by atoms with Crippen molar-refractivity contribution in [2.45, 2.75) is 32.6 Å². The van der Waals surface area contributed by atoms with Gasteiger partial charge in [-0.05, 0) is 51.0 Å². The molecule has 2 aromatic carbocycles. The van der Waals surface area contributed by atoms with Gasteiger partial charge in [0.2, 0.25) is 11.8 Å². The van der Waals surface area contributed by atoms with Crippen molar-refractivity contribution in [1.82, 2.24) is 15.1 Å². The number of methoxy groups -OCH3 is 1. The number of aromatic nitrogens is 2. The SMILES string of the molecule is COc1cccc(C(=O)N2CC(c3nnc(-c4ccc(C)cc4)o3)C3(CCOCC3)C2)c1C. The zero-order valence-corrected chi connectivity index (χ0v) is 19.3. The van der Waals surface area contributed by atoms with Crippen LogP contribution < -0.4 is 4.74 Å². The van der Waals surface area contributed by atoms with Crippen LogP contribution in [-0.4, -0.2) is 54.4 Å². The van der Waals surface area contributed by atoms with Crippen molar-refractivity contribution < 1.29 is 18.7 Å². The van der Waals surface area contributed by atoms with Crippen LogP contribution in [0.25, 0.3) is 11.5 Å². The molecule has 1 unspecified atom stereocenters. The number of hydrogen-bond acceptors (Lipinski definition) is 6. The highest BCUT2D eigenvalue weighted by Crippen LogP contribution is 2.49. The average Bonchev–Trinajstić information content (AvgIpc) is 3.45. The molecular formula is C26H29N3O4. The molecule has 33 heavy (non-hydrogen) atoms. The van der Waals surface area contributed by atoms with Crippen LogP contribution in [0.15, 0.2) is 46.9 Å². The zero-order chi connectivity index (χ0) is 23.0. The van der Waals surface area contributed by atoms with E-state index in [1.54, 1.807) is 7.11 Å². The maximum atomic E-state index is 13.6. The second-order valence-corrected chi connectivity index (χ2v) is 9.16. The van der Waals surface area contributed by atoms with E-state index in [2.05, 4.69) is 10.2 Å². The van der Waals surface area contributed by atoms with Gasteiger partial charge in [-0.2, -0.15) is 0 Å². The maximum absolute atomic E-state index is 13.6. The molecule has 1 atom stereocenters. The minimum absolute atomic E-state index is 0.0121. The van der Waals surface area contributed by atoms with E-state index in [9.17, 15) is 4.79 Å². The van der Waals surface area contributed by atoms with Gasteiger partial charge in [0.1, 0.15) is 5.75 Å². The molecule has 5 rings (SSSR count). The molecule has 0 saturated carbocycles. The molecule has 7 nitrogen and oxygen atoms in total. The normalized spacial score (nSPS) is 19.7. The first-order valence-corrected chi connectivity index (χ1v) is 11.4. The molecule has 1 spiro atoms. The summed E-state index contributed by atoms with van der Waals surface area (Å²) >= 11 is 0. The van der Waals surface area contributed by atoms with E-state index in [-0.39, 0.29) is 17.2 Å². The van der Waals surface area contributed by atoms with Gasteiger partial charge in [-0.15, -0.1) is 10.2 Å². The molecule has 1 aromatic heterocycles. The number of benzene rings is 2. The van der Waals surface area contributed by atoms with Crippen molar-refractivity contribution in [1.29, 1.82) is 0 Å². The lowest BCUT2D eigenvalue weighted by Gasteiger charge is -2.36. The monoisotopic (exact) mass is 447 g/mol. The van der Waals surface area contributed by atoms with Crippen molar-refractivity contribution >= 4 is 5.91 Å². The maximum Gasteiger partial charge on any atom is 0.254 e. The third kappa shape index (κ3) is 3.91. The third-order valence-corrected chi connectivity index (χ3v) is 7.20. The molecule has 0 radical (unpaired) electrons. The molecule has 3 aromatic rings. The van der Waals surface area contributed by atoms with E-state index in [0.29, 0.717) is 43.6 Å². The zero-order valence-electron chi connectivity index (χ0n) is 19.3. The fourth-order valence-corrected chi connectivity index (χ4v) is 5.17. The number of carbonyl (C=O) groups is 1. The van der Waals surface area contributed by atoms with E-state index in [4.69, 9.17) is 13.9 Å². The van der Waals surface area contributed by atoms with Crippen LogP contribution in [0.1, 0.15) is 46.1 Å². The minimum atomic E-state index is -0.127. The number of carbonyl (C=O) groups excluding carboxylic acids is 1. The molecule has 1 amide bonds. The lowest BCUT2D eigenvalue weighted by molar-refractivity contribution is 0.00907. The largest absolute Gasteiger partial charge is 0.496 e. The first-order chi connectivity index (χ1) is 16.0. The number of ether oxygens (including phenoxy) is 2. The molecule has 0 aliphatic carbocycles. The fourth-order valence-electron chi connectivity index (χ4n) is 5.17. The van der Waals surface area contributed by atoms with Crippen molar-refractivity contribution in [2.75, 3.05) is 33.4 Å². The second kappa shape index (κ2) is 8.63. The standard InChI is InChI=1S/C26H29N3O4/c1-17-7-9-19(10-8-17)23-27-28-24(33-23)21-15-29(16-26(21)11-13-32-14-12-26)25(30)20-5-4-6-22(31-3)18(20)2/h4-10,21H,11-16H2,1-3H3. The van der Waals surface area contributed by atoms with Gasteiger partial charge >= 0.3 is 0 Å². The molecule has 0 N–H and O–H groups in total. The highest BCUT2D eigenvalue weighted by atomic mass is 16.5. The summed E-state index contributed by atoms with van der Waals surface area (Å²) in [6, 6.07) is 13.7. The van der Waals surface area contributed by atoms with Gasteiger partial charge in [-0.25, -0.2) is 0 Å². The first-order valence-electron chi connectivity index (χ1n) is 11.4. The van der Waals surface area contributed by atoms with Gasteiger partial charge in [0, 0.05) is 48.4 Å². The van der Waals surface area contributed by atoms with Crippen molar-refractivity contribution in [3.63, 3.8) is 0 Å². The Labute approximate surface area is 193 Å². The summed E-state index contributed by atoms with van der Waals surface area (Å²) in [5.74, 6) is 1.82. The molecule has 172 valence electrons. The summed E-state index contributed by atoms with van der Waals surface area (Å²) in [7, 11) is 1.63. The van der Waals surface area contributed by atoms with Crippen LogP contribution in [0.4, 0.5) is 0 Å². The Bertz CT molecular complexity index is 1150. The predicted octanol–water partition coefficient (Wildman–Crippen LogP) is 4.40. The Balaban J connectivity index is 1.46.